The number of amides is 2. The highest BCUT2D eigenvalue weighted by atomic mass is 35.5. The van der Waals surface area contributed by atoms with Gasteiger partial charge in [-0.2, -0.15) is 0 Å². The molecule has 1 aromatic heterocycles. The predicted octanol–water partition coefficient (Wildman–Crippen LogP) is 3.71. The molecular formula is C26H29ClN4O5. The molecule has 0 aliphatic carbocycles. The fraction of sp³-hybridized carbons (Fsp3) is 0.385. The maximum absolute atomic E-state index is 13.2. The van der Waals surface area contributed by atoms with Crippen LogP contribution in [-0.2, 0) is 11.3 Å². The molecule has 0 unspecified atom stereocenters. The van der Waals surface area contributed by atoms with Gasteiger partial charge in [-0.1, -0.05) is 11.6 Å². The van der Waals surface area contributed by atoms with Gasteiger partial charge in [-0.05, 0) is 42.8 Å². The molecule has 2 aromatic carbocycles. The Morgan fingerprint density at radius 3 is 2.50 bits per heavy atom. The lowest BCUT2D eigenvalue weighted by atomic mass is 10.1. The largest absolute Gasteiger partial charge is 0.486 e. The molecule has 0 spiro atoms. The number of nitrogens with zero attached hydrogens (tertiary/aromatic N) is 2. The van der Waals surface area contributed by atoms with Crippen molar-refractivity contribution < 1.29 is 19.0 Å². The summed E-state index contributed by atoms with van der Waals surface area (Å²) in [5.74, 6) is 1.26. The molecule has 2 N–H and O–H groups in total. The molecule has 0 saturated carbocycles. The number of carbonyl (C=O) groups excluding carboxylic acids is 1. The highest BCUT2D eigenvalue weighted by Crippen LogP contribution is 2.33. The molecule has 1 fully saturated rings. The molecule has 3 heterocycles. The molecule has 9 nitrogen and oxygen atoms in total. The average molecular weight is 513 g/mol. The number of fused-ring (bicyclic) bond motifs is 2. The molecule has 5 rings (SSSR count). The zero-order valence-electron chi connectivity index (χ0n) is 19.9. The Bertz CT molecular complexity index is 1270. The fourth-order valence-corrected chi connectivity index (χ4v) is 4.54. The summed E-state index contributed by atoms with van der Waals surface area (Å²) in [6.45, 7) is 5.70. The van der Waals surface area contributed by atoms with Crippen molar-refractivity contribution in [2.75, 3.05) is 57.9 Å². The molecule has 3 aromatic rings. The number of halogens is 1. The van der Waals surface area contributed by atoms with Gasteiger partial charge < -0.3 is 29.4 Å². The minimum Gasteiger partial charge on any atom is -0.486 e. The van der Waals surface area contributed by atoms with E-state index in [-0.39, 0.29) is 18.1 Å². The van der Waals surface area contributed by atoms with Gasteiger partial charge >= 0.3 is 6.03 Å². The lowest BCUT2D eigenvalue weighted by molar-refractivity contribution is 0.0365. The van der Waals surface area contributed by atoms with Crippen LogP contribution >= 0.6 is 11.6 Å². The van der Waals surface area contributed by atoms with E-state index in [1.54, 1.807) is 35.2 Å². The first kappa shape index (κ1) is 24.4. The summed E-state index contributed by atoms with van der Waals surface area (Å²) in [6, 6.07) is 12.1. The number of anilines is 1. The highest BCUT2D eigenvalue weighted by Gasteiger charge is 2.19. The second-order valence-corrected chi connectivity index (χ2v) is 9.31. The van der Waals surface area contributed by atoms with Gasteiger partial charge in [-0.15, -0.1) is 0 Å². The molecule has 190 valence electrons. The first-order valence-corrected chi connectivity index (χ1v) is 12.5. The van der Waals surface area contributed by atoms with E-state index >= 15 is 0 Å². The minimum absolute atomic E-state index is 0.169. The van der Waals surface area contributed by atoms with Crippen LogP contribution in [0.25, 0.3) is 10.9 Å². The summed E-state index contributed by atoms with van der Waals surface area (Å²) in [5, 5.41) is 4.33. The van der Waals surface area contributed by atoms with E-state index in [4.69, 9.17) is 25.8 Å². The van der Waals surface area contributed by atoms with E-state index < -0.39 is 0 Å². The van der Waals surface area contributed by atoms with Crippen molar-refractivity contribution in [3.05, 3.63) is 63.4 Å². The smallest absolute Gasteiger partial charge is 0.322 e. The van der Waals surface area contributed by atoms with Crippen LogP contribution in [0.2, 0.25) is 5.02 Å². The number of pyridine rings is 1. The third-order valence-corrected chi connectivity index (χ3v) is 6.59. The topological polar surface area (TPSA) is 96.1 Å². The number of nitrogens with one attached hydrogen (secondary N) is 2. The number of H-pyrrole nitrogens is 1. The van der Waals surface area contributed by atoms with E-state index in [0.717, 1.165) is 44.7 Å². The van der Waals surface area contributed by atoms with Crippen molar-refractivity contribution in [1.29, 1.82) is 0 Å². The van der Waals surface area contributed by atoms with Gasteiger partial charge in [0.1, 0.15) is 13.2 Å². The average Bonchev–Trinajstić information content (AvgIpc) is 2.89. The van der Waals surface area contributed by atoms with E-state index in [1.807, 2.05) is 12.1 Å². The Morgan fingerprint density at radius 1 is 1.03 bits per heavy atom. The number of urea groups is 1. The molecular weight excluding hydrogens is 484 g/mol. The first-order valence-electron chi connectivity index (χ1n) is 12.1. The van der Waals surface area contributed by atoms with Crippen LogP contribution in [0, 0.1) is 0 Å². The summed E-state index contributed by atoms with van der Waals surface area (Å²) in [7, 11) is 0. The Kier molecular flexibility index (Phi) is 7.60. The lowest BCUT2D eigenvalue weighted by Gasteiger charge is -2.28. The summed E-state index contributed by atoms with van der Waals surface area (Å²) < 4.78 is 16.7. The quantitative estimate of drug-likeness (QED) is 0.501. The number of hydrogen-bond acceptors (Lipinski definition) is 6. The zero-order chi connectivity index (χ0) is 24.9. The van der Waals surface area contributed by atoms with Gasteiger partial charge in [-0.3, -0.25) is 9.69 Å². The second-order valence-electron chi connectivity index (χ2n) is 8.87. The van der Waals surface area contributed by atoms with Gasteiger partial charge in [0.05, 0.1) is 25.3 Å². The van der Waals surface area contributed by atoms with Crippen molar-refractivity contribution in [3.8, 4) is 11.5 Å². The van der Waals surface area contributed by atoms with Crippen molar-refractivity contribution in [2.24, 2.45) is 0 Å². The first-order chi connectivity index (χ1) is 17.5. The van der Waals surface area contributed by atoms with Crippen LogP contribution in [-0.4, -0.2) is 73.4 Å². The Hall–Kier alpha value is -3.27. The number of morpholine rings is 1. The van der Waals surface area contributed by atoms with Crippen LogP contribution in [0.1, 0.15) is 12.0 Å². The maximum Gasteiger partial charge on any atom is 0.322 e. The normalized spacial score (nSPS) is 15.6. The molecule has 0 atom stereocenters. The molecule has 0 radical (unpaired) electrons. The molecule has 36 heavy (non-hydrogen) atoms. The molecule has 0 bridgehead atoms. The monoisotopic (exact) mass is 512 g/mol. The Labute approximate surface area is 213 Å². The van der Waals surface area contributed by atoms with E-state index in [0.29, 0.717) is 53.0 Å². The molecule has 1 saturated heterocycles. The summed E-state index contributed by atoms with van der Waals surface area (Å²) in [6.07, 6.45) is 0.776. The molecule has 2 aliphatic heterocycles. The lowest BCUT2D eigenvalue weighted by Crippen LogP contribution is -2.40. The number of rotatable bonds is 7. The molecule has 10 heteroatoms. The van der Waals surface area contributed by atoms with Crippen LogP contribution in [0.5, 0.6) is 11.5 Å². The van der Waals surface area contributed by atoms with Gasteiger partial charge in [0, 0.05) is 53.9 Å². The maximum atomic E-state index is 13.2. The number of hydrogen-bond donors (Lipinski definition) is 2. The van der Waals surface area contributed by atoms with Gasteiger partial charge in [0.2, 0.25) is 0 Å². The van der Waals surface area contributed by atoms with E-state index in [1.165, 1.54) is 0 Å². The van der Waals surface area contributed by atoms with Crippen molar-refractivity contribution in [2.45, 2.75) is 13.0 Å². The SMILES string of the molecule is O=C(Nc1ccc(Cl)cc1)N(CCCN1CCOCC1)Cc1cc2cc3c(cc2[nH]c1=O)OCCO3. The van der Waals surface area contributed by atoms with E-state index in [2.05, 4.69) is 15.2 Å². The number of aromatic nitrogens is 1. The number of ether oxygens (including phenoxy) is 3. The van der Waals surface area contributed by atoms with E-state index in [9.17, 15) is 9.59 Å². The minimum atomic E-state index is -0.277. The Balaban J connectivity index is 1.35. The number of aromatic amines is 1. The van der Waals surface area contributed by atoms with Gasteiger partial charge in [0.25, 0.3) is 5.56 Å². The summed E-state index contributed by atoms with van der Waals surface area (Å²) in [4.78, 5) is 33.1. The van der Waals surface area contributed by atoms with Crippen molar-refractivity contribution in [3.63, 3.8) is 0 Å². The van der Waals surface area contributed by atoms with Gasteiger partial charge in [0.15, 0.2) is 11.5 Å². The fourth-order valence-electron chi connectivity index (χ4n) is 4.41. The highest BCUT2D eigenvalue weighted by molar-refractivity contribution is 6.30. The van der Waals surface area contributed by atoms with Crippen LogP contribution in [0.15, 0.2) is 47.3 Å². The second kappa shape index (κ2) is 11.2. The number of carbonyl (C=O) groups is 1. The Morgan fingerprint density at radius 2 is 1.75 bits per heavy atom. The van der Waals surface area contributed by atoms with Crippen LogP contribution in [0.3, 0.4) is 0 Å². The number of benzene rings is 2. The van der Waals surface area contributed by atoms with Crippen LogP contribution in [0.4, 0.5) is 10.5 Å². The standard InChI is InChI=1S/C26H29ClN4O5/c27-20-2-4-21(5-3-20)28-26(33)31(7-1-6-30-8-10-34-11-9-30)17-19-14-18-15-23-24(36-13-12-35-23)16-22(18)29-25(19)32/h2-5,14-16H,1,6-13,17H2,(H,28,33)(H,29,32). The van der Waals surface area contributed by atoms with Crippen molar-refractivity contribution >= 4 is 34.2 Å². The third-order valence-electron chi connectivity index (χ3n) is 6.33. The van der Waals surface area contributed by atoms with Crippen LogP contribution < -0.4 is 20.3 Å². The van der Waals surface area contributed by atoms with Gasteiger partial charge in [-0.25, -0.2) is 4.79 Å². The molecule has 2 aliphatic rings. The summed E-state index contributed by atoms with van der Waals surface area (Å²) >= 11 is 5.98. The molecule has 2 amide bonds. The summed E-state index contributed by atoms with van der Waals surface area (Å²) in [5.41, 5.74) is 1.56. The zero-order valence-corrected chi connectivity index (χ0v) is 20.7. The predicted molar refractivity (Wildman–Crippen MR) is 138 cm³/mol. The van der Waals surface area contributed by atoms with Crippen molar-refractivity contribution in [1.82, 2.24) is 14.8 Å². The third kappa shape index (κ3) is 5.92.